The van der Waals surface area contributed by atoms with Crippen molar-refractivity contribution in [1.82, 2.24) is 5.32 Å². The zero-order chi connectivity index (χ0) is 12.0. The van der Waals surface area contributed by atoms with Gasteiger partial charge in [-0.15, -0.1) is 0 Å². The van der Waals surface area contributed by atoms with E-state index in [2.05, 4.69) is 10.1 Å². The Labute approximate surface area is 96.0 Å². The standard InChI is InChI=1S/C12H19NO3/c1-9(13-10(2)12(14)15-3)6-7-11-5-4-8-16-11/h4-5,8-10,13H,6-7H2,1-3H3/t9?,10-/m0/s1. The Hall–Kier alpha value is -1.29. The molecule has 0 aliphatic carbocycles. The first-order chi connectivity index (χ1) is 7.63. The first-order valence-corrected chi connectivity index (χ1v) is 5.49. The summed E-state index contributed by atoms with van der Waals surface area (Å²) in [4.78, 5) is 11.2. The number of ether oxygens (including phenoxy) is 1. The molecule has 1 aromatic heterocycles. The maximum absolute atomic E-state index is 11.2. The number of hydrogen-bond acceptors (Lipinski definition) is 4. The highest BCUT2D eigenvalue weighted by Gasteiger charge is 2.15. The maximum atomic E-state index is 11.2. The van der Waals surface area contributed by atoms with Crippen molar-refractivity contribution in [2.45, 2.75) is 38.8 Å². The fourth-order valence-corrected chi connectivity index (χ4v) is 1.57. The topological polar surface area (TPSA) is 51.5 Å². The van der Waals surface area contributed by atoms with Gasteiger partial charge in [0.05, 0.1) is 13.4 Å². The minimum absolute atomic E-state index is 0.232. The van der Waals surface area contributed by atoms with Gasteiger partial charge in [0.15, 0.2) is 0 Å². The monoisotopic (exact) mass is 225 g/mol. The maximum Gasteiger partial charge on any atom is 0.322 e. The fourth-order valence-electron chi connectivity index (χ4n) is 1.57. The van der Waals surface area contributed by atoms with E-state index in [4.69, 9.17) is 4.42 Å². The van der Waals surface area contributed by atoms with Crippen LogP contribution in [0, 0.1) is 0 Å². The molecule has 2 atom stereocenters. The molecule has 0 aromatic carbocycles. The van der Waals surface area contributed by atoms with Crippen LogP contribution in [0.2, 0.25) is 0 Å². The Morgan fingerprint density at radius 2 is 2.31 bits per heavy atom. The molecule has 0 aliphatic rings. The SMILES string of the molecule is COC(=O)[C@H](C)NC(C)CCc1ccco1. The van der Waals surface area contributed by atoms with Crippen molar-refractivity contribution in [3.8, 4) is 0 Å². The van der Waals surface area contributed by atoms with Crippen LogP contribution in [0.1, 0.15) is 26.0 Å². The zero-order valence-electron chi connectivity index (χ0n) is 10.0. The summed E-state index contributed by atoms with van der Waals surface area (Å²) < 4.78 is 9.88. The second kappa shape index (κ2) is 6.33. The smallest absolute Gasteiger partial charge is 0.322 e. The van der Waals surface area contributed by atoms with Gasteiger partial charge in [-0.25, -0.2) is 0 Å². The van der Waals surface area contributed by atoms with Gasteiger partial charge in [-0.3, -0.25) is 4.79 Å². The molecule has 0 aliphatic heterocycles. The molecular formula is C12H19NO3. The van der Waals surface area contributed by atoms with Gasteiger partial charge < -0.3 is 14.5 Å². The molecule has 1 N–H and O–H groups in total. The third-order valence-electron chi connectivity index (χ3n) is 2.49. The first kappa shape index (κ1) is 12.8. The predicted molar refractivity (Wildman–Crippen MR) is 61.1 cm³/mol. The van der Waals surface area contributed by atoms with E-state index in [-0.39, 0.29) is 18.1 Å². The lowest BCUT2D eigenvalue weighted by Crippen LogP contribution is -2.40. The van der Waals surface area contributed by atoms with E-state index in [9.17, 15) is 4.79 Å². The van der Waals surface area contributed by atoms with E-state index in [1.54, 1.807) is 13.2 Å². The summed E-state index contributed by atoms with van der Waals surface area (Å²) in [5.74, 6) is 0.740. The van der Waals surface area contributed by atoms with Gasteiger partial charge in [0.2, 0.25) is 0 Å². The Morgan fingerprint density at radius 1 is 1.56 bits per heavy atom. The second-order valence-electron chi connectivity index (χ2n) is 3.93. The van der Waals surface area contributed by atoms with Gasteiger partial charge in [0.1, 0.15) is 11.8 Å². The van der Waals surface area contributed by atoms with E-state index in [1.165, 1.54) is 7.11 Å². The molecule has 1 heterocycles. The van der Waals surface area contributed by atoms with Gasteiger partial charge >= 0.3 is 5.97 Å². The predicted octanol–water partition coefficient (Wildman–Crippen LogP) is 1.75. The average Bonchev–Trinajstić information content (AvgIpc) is 2.78. The Morgan fingerprint density at radius 3 is 2.88 bits per heavy atom. The number of aryl methyl sites for hydroxylation is 1. The molecule has 0 amide bonds. The molecule has 0 saturated heterocycles. The van der Waals surface area contributed by atoms with Gasteiger partial charge in [0, 0.05) is 12.5 Å². The van der Waals surface area contributed by atoms with E-state index < -0.39 is 0 Å². The van der Waals surface area contributed by atoms with Crippen LogP contribution in [0.25, 0.3) is 0 Å². The van der Waals surface area contributed by atoms with Crippen LogP contribution in [-0.2, 0) is 16.0 Å². The summed E-state index contributed by atoms with van der Waals surface area (Å²) in [6.07, 6.45) is 3.47. The molecule has 1 aromatic rings. The third-order valence-corrected chi connectivity index (χ3v) is 2.49. The summed E-state index contributed by atoms with van der Waals surface area (Å²) in [5, 5.41) is 3.18. The highest BCUT2D eigenvalue weighted by Crippen LogP contribution is 2.06. The van der Waals surface area contributed by atoms with Crippen molar-refractivity contribution in [2.75, 3.05) is 7.11 Å². The largest absolute Gasteiger partial charge is 0.469 e. The lowest BCUT2D eigenvalue weighted by molar-refractivity contribution is -0.142. The number of carbonyl (C=O) groups excluding carboxylic acids is 1. The Bertz CT molecular complexity index is 308. The van der Waals surface area contributed by atoms with Crippen molar-refractivity contribution >= 4 is 5.97 Å². The molecule has 16 heavy (non-hydrogen) atoms. The van der Waals surface area contributed by atoms with E-state index in [0.29, 0.717) is 0 Å². The number of carbonyl (C=O) groups is 1. The summed E-state index contributed by atoms with van der Waals surface area (Å²) >= 11 is 0. The summed E-state index contributed by atoms with van der Waals surface area (Å²) in [6.45, 7) is 3.84. The summed E-state index contributed by atoms with van der Waals surface area (Å²) in [7, 11) is 1.40. The molecule has 0 fully saturated rings. The molecule has 0 saturated carbocycles. The first-order valence-electron chi connectivity index (χ1n) is 5.49. The molecule has 4 heteroatoms. The number of nitrogens with one attached hydrogen (secondary N) is 1. The molecule has 1 unspecified atom stereocenters. The number of methoxy groups -OCH3 is 1. The van der Waals surface area contributed by atoms with E-state index >= 15 is 0 Å². The molecule has 90 valence electrons. The lowest BCUT2D eigenvalue weighted by Gasteiger charge is -2.17. The third kappa shape index (κ3) is 4.06. The van der Waals surface area contributed by atoms with Crippen LogP contribution in [0.5, 0.6) is 0 Å². The van der Waals surface area contributed by atoms with Crippen LogP contribution in [0.3, 0.4) is 0 Å². The van der Waals surface area contributed by atoms with Gasteiger partial charge in [0.25, 0.3) is 0 Å². The highest BCUT2D eigenvalue weighted by atomic mass is 16.5. The number of rotatable bonds is 6. The zero-order valence-corrected chi connectivity index (χ0v) is 10.0. The molecule has 4 nitrogen and oxygen atoms in total. The minimum atomic E-state index is -0.267. The van der Waals surface area contributed by atoms with Crippen LogP contribution in [0.15, 0.2) is 22.8 Å². The minimum Gasteiger partial charge on any atom is -0.469 e. The van der Waals surface area contributed by atoms with E-state index in [1.807, 2.05) is 19.1 Å². The van der Waals surface area contributed by atoms with Crippen molar-refractivity contribution in [3.63, 3.8) is 0 Å². The van der Waals surface area contributed by atoms with Gasteiger partial charge in [-0.05, 0) is 32.4 Å². The normalized spacial score (nSPS) is 14.4. The van der Waals surface area contributed by atoms with Crippen molar-refractivity contribution < 1.29 is 13.9 Å². The van der Waals surface area contributed by atoms with Crippen molar-refractivity contribution in [3.05, 3.63) is 24.2 Å². The molecule has 0 bridgehead atoms. The Kier molecular flexibility index (Phi) is 5.05. The number of furan rings is 1. The molecule has 0 radical (unpaired) electrons. The molecular weight excluding hydrogens is 206 g/mol. The van der Waals surface area contributed by atoms with Gasteiger partial charge in [-0.1, -0.05) is 0 Å². The Balaban J connectivity index is 2.25. The van der Waals surface area contributed by atoms with Crippen molar-refractivity contribution in [2.24, 2.45) is 0 Å². The molecule has 0 spiro atoms. The summed E-state index contributed by atoms with van der Waals surface area (Å²) in [5.41, 5.74) is 0. The lowest BCUT2D eigenvalue weighted by atomic mass is 10.1. The van der Waals surface area contributed by atoms with Crippen LogP contribution >= 0.6 is 0 Å². The van der Waals surface area contributed by atoms with Gasteiger partial charge in [-0.2, -0.15) is 0 Å². The number of hydrogen-bond donors (Lipinski definition) is 1. The van der Waals surface area contributed by atoms with Crippen LogP contribution in [0.4, 0.5) is 0 Å². The number of esters is 1. The average molecular weight is 225 g/mol. The van der Waals surface area contributed by atoms with Crippen LogP contribution < -0.4 is 5.32 Å². The quantitative estimate of drug-likeness (QED) is 0.749. The molecule has 1 rings (SSSR count). The van der Waals surface area contributed by atoms with Crippen molar-refractivity contribution in [1.29, 1.82) is 0 Å². The van der Waals surface area contributed by atoms with E-state index in [0.717, 1.165) is 18.6 Å². The summed E-state index contributed by atoms with van der Waals surface area (Å²) in [6, 6.07) is 3.82. The fraction of sp³-hybridized carbons (Fsp3) is 0.583. The highest BCUT2D eigenvalue weighted by molar-refractivity contribution is 5.75. The second-order valence-corrected chi connectivity index (χ2v) is 3.93. The van der Waals surface area contributed by atoms with Crippen LogP contribution in [-0.4, -0.2) is 25.2 Å².